The SMILES string of the molecule is CN=C(NCC(C)c1cccs1)NC1CCN(CC2CCCC2)C1. The fourth-order valence-electron chi connectivity index (χ4n) is 3.98. The van der Waals surface area contributed by atoms with E-state index in [1.165, 1.54) is 50.1 Å². The Kier molecular flexibility index (Phi) is 6.55. The Morgan fingerprint density at radius 1 is 1.38 bits per heavy atom. The minimum Gasteiger partial charge on any atom is -0.356 e. The van der Waals surface area contributed by atoms with Gasteiger partial charge in [-0.1, -0.05) is 25.8 Å². The molecule has 1 aromatic rings. The van der Waals surface area contributed by atoms with E-state index in [-0.39, 0.29) is 0 Å². The van der Waals surface area contributed by atoms with Crippen molar-refractivity contribution in [3.05, 3.63) is 22.4 Å². The zero-order valence-corrected chi connectivity index (χ0v) is 15.9. The van der Waals surface area contributed by atoms with Gasteiger partial charge < -0.3 is 15.5 Å². The second-order valence-electron chi connectivity index (χ2n) is 7.41. The smallest absolute Gasteiger partial charge is 0.191 e. The molecule has 0 aromatic carbocycles. The molecule has 5 heteroatoms. The van der Waals surface area contributed by atoms with Crippen LogP contribution in [0, 0.1) is 5.92 Å². The molecule has 2 atom stereocenters. The van der Waals surface area contributed by atoms with Crippen LogP contribution in [-0.4, -0.2) is 50.1 Å². The molecule has 1 aliphatic carbocycles. The van der Waals surface area contributed by atoms with Gasteiger partial charge in [0.2, 0.25) is 0 Å². The van der Waals surface area contributed by atoms with Crippen molar-refractivity contribution in [1.29, 1.82) is 0 Å². The molecule has 1 saturated heterocycles. The molecule has 2 aliphatic rings. The highest BCUT2D eigenvalue weighted by atomic mass is 32.1. The Balaban J connectivity index is 1.39. The predicted molar refractivity (Wildman–Crippen MR) is 104 cm³/mol. The lowest BCUT2D eigenvalue weighted by molar-refractivity contribution is 0.275. The maximum absolute atomic E-state index is 4.41. The van der Waals surface area contributed by atoms with Gasteiger partial charge >= 0.3 is 0 Å². The maximum atomic E-state index is 4.41. The summed E-state index contributed by atoms with van der Waals surface area (Å²) in [5, 5.41) is 9.27. The fourth-order valence-corrected chi connectivity index (χ4v) is 4.77. The predicted octanol–water partition coefficient (Wildman–Crippen LogP) is 3.28. The first kappa shape index (κ1) is 17.7. The second-order valence-corrected chi connectivity index (χ2v) is 8.39. The van der Waals surface area contributed by atoms with Crippen LogP contribution in [0.3, 0.4) is 0 Å². The van der Waals surface area contributed by atoms with Gasteiger partial charge in [-0.25, -0.2) is 0 Å². The van der Waals surface area contributed by atoms with Gasteiger partial charge in [-0.05, 0) is 36.6 Å². The number of hydrogen-bond donors (Lipinski definition) is 2. The topological polar surface area (TPSA) is 39.7 Å². The molecule has 4 nitrogen and oxygen atoms in total. The van der Waals surface area contributed by atoms with E-state index in [0.717, 1.165) is 25.0 Å². The molecule has 3 rings (SSSR count). The van der Waals surface area contributed by atoms with Crippen LogP contribution < -0.4 is 10.6 Å². The second kappa shape index (κ2) is 8.86. The first-order valence-electron chi connectivity index (χ1n) is 9.47. The number of guanidine groups is 1. The van der Waals surface area contributed by atoms with Crippen molar-refractivity contribution < 1.29 is 0 Å². The van der Waals surface area contributed by atoms with E-state index in [9.17, 15) is 0 Å². The van der Waals surface area contributed by atoms with Crippen LogP contribution in [0.2, 0.25) is 0 Å². The van der Waals surface area contributed by atoms with Crippen molar-refractivity contribution in [1.82, 2.24) is 15.5 Å². The minimum absolute atomic E-state index is 0.519. The lowest BCUT2D eigenvalue weighted by atomic mass is 10.1. The Morgan fingerprint density at radius 2 is 2.21 bits per heavy atom. The molecule has 1 aliphatic heterocycles. The van der Waals surface area contributed by atoms with Crippen molar-refractivity contribution in [2.24, 2.45) is 10.9 Å². The number of nitrogens with one attached hydrogen (secondary N) is 2. The summed E-state index contributed by atoms with van der Waals surface area (Å²) in [6, 6.07) is 4.88. The van der Waals surface area contributed by atoms with E-state index in [2.05, 4.69) is 45.0 Å². The third-order valence-electron chi connectivity index (χ3n) is 5.43. The number of nitrogens with zero attached hydrogens (tertiary/aromatic N) is 2. The van der Waals surface area contributed by atoms with E-state index < -0.39 is 0 Å². The average molecular weight is 349 g/mol. The molecule has 2 N–H and O–H groups in total. The molecule has 2 heterocycles. The van der Waals surface area contributed by atoms with Gasteiger partial charge in [0.05, 0.1) is 0 Å². The van der Waals surface area contributed by atoms with Gasteiger partial charge in [-0.15, -0.1) is 11.3 Å². The first-order valence-corrected chi connectivity index (χ1v) is 10.4. The third-order valence-corrected chi connectivity index (χ3v) is 6.54. The Hall–Kier alpha value is -1.07. The normalized spacial score (nSPS) is 24.4. The molecule has 24 heavy (non-hydrogen) atoms. The molecule has 1 saturated carbocycles. The van der Waals surface area contributed by atoms with Crippen molar-refractivity contribution in [3.8, 4) is 0 Å². The van der Waals surface area contributed by atoms with Gasteiger partial charge in [0.15, 0.2) is 5.96 Å². The molecule has 0 radical (unpaired) electrons. The summed E-state index contributed by atoms with van der Waals surface area (Å²) in [4.78, 5) is 8.49. The largest absolute Gasteiger partial charge is 0.356 e. The van der Waals surface area contributed by atoms with Gasteiger partial charge in [0.25, 0.3) is 0 Å². The quantitative estimate of drug-likeness (QED) is 0.612. The van der Waals surface area contributed by atoms with Crippen LogP contribution in [0.1, 0.15) is 49.8 Å². The maximum Gasteiger partial charge on any atom is 0.191 e. The summed E-state index contributed by atoms with van der Waals surface area (Å²) in [6.07, 6.45) is 7.00. The Morgan fingerprint density at radius 3 is 2.92 bits per heavy atom. The van der Waals surface area contributed by atoms with E-state index in [1.54, 1.807) is 0 Å². The number of rotatable bonds is 6. The molecule has 2 fully saturated rings. The van der Waals surface area contributed by atoms with Gasteiger partial charge in [0.1, 0.15) is 0 Å². The summed E-state index contributed by atoms with van der Waals surface area (Å²) in [5.41, 5.74) is 0. The molecule has 0 bridgehead atoms. The molecule has 1 aromatic heterocycles. The minimum atomic E-state index is 0.519. The van der Waals surface area contributed by atoms with E-state index in [0.29, 0.717) is 12.0 Å². The molecule has 134 valence electrons. The number of thiophene rings is 1. The van der Waals surface area contributed by atoms with Gasteiger partial charge in [-0.3, -0.25) is 4.99 Å². The summed E-state index contributed by atoms with van der Waals surface area (Å²) in [5.74, 6) is 2.42. The van der Waals surface area contributed by atoms with Crippen LogP contribution in [-0.2, 0) is 0 Å². The van der Waals surface area contributed by atoms with E-state index >= 15 is 0 Å². The molecule has 2 unspecified atom stereocenters. The number of hydrogen-bond acceptors (Lipinski definition) is 3. The highest BCUT2D eigenvalue weighted by molar-refractivity contribution is 7.10. The van der Waals surface area contributed by atoms with Gasteiger partial charge in [0, 0.05) is 50.1 Å². The number of likely N-dealkylation sites (tertiary alicyclic amines) is 1. The summed E-state index contributed by atoms with van der Waals surface area (Å²) >= 11 is 1.83. The van der Waals surface area contributed by atoms with Crippen molar-refractivity contribution >= 4 is 17.3 Å². The molecule has 0 spiro atoms. The standard InChI is InChI=1S/C19H32N4S/c1-15(18-8-5-11-24-18)12-21-19(20-2)22-17-9-10-23(14-17)13-16-6-3-4-7-16/h5,8,11,15-17H,3-4,6-7,9-10,12-14H2,1-2H3,(H2,20,21,22). The van der Waals surface area contributed by atoms with Crippen LogP contribution in [0.4, 0.5) is 0 Å². The monoisotopic (exact) mass is 348 g/mol. The zero-order chi connectivity index (χ0) is 16.8. The lowest BCUT2D eigenvalue weighted by Crippen LogP contribution is -2.45. The number of aliphatic imine (C=N–C) groups is 1. The lowest BCUT2D eigenvalue weighted by Gasteiger charge is -2.22. The van der Waals surface area contributed by atoms with Crippen LogP contribution in [0.15, 0.2) is 22.5 Å². The summed E-state index contributed by atoms with van der Waals surface area (Å²) in [6.45, 7) is 6.90. The van der Waals surface area contributed by atoms with Gasteiger partial charge in [-0.2, -0.15) is 0 Å². The highest BCUT2D eigenvalue weighted by Crippen LogP contribution is 2.26. The third kappa shape index (κ3) is 4.96. The van der Waals surface area contributed by atoms with Crippen LogP contribution >= 0.6 is 11.3 Å². The van der Waals surface area contributed by atoms with Crippen LogP contribution in [0.25, 0.3) is 0 Å². The van der Waals surface area contributed by atoms with Crippen molar-refractivity contribution in [2.45, 2.75) is 51.0 Å². The Labute approximate surface area is 150 Å². The van der Waals surface area contributed by atoms with Crippen LogP contribution in [0.5, 0.6) is 0 Å². The first-order chi connectivity index (χ1) is 11.7. The molecular weight excluding hydrogens is 316 g/mol. The highest BCUT2D eigenvalue weighted by Gasteiger charge is 2.26. The summed E-state index contributed by atoms with van der Waals surface area (Å²) < 4.78 is 0. The zero-order valence-electron chi connectivity index (χ0n) is 15.1. The fraction of sp³-hybridized carbons (Fsp3) is 0.737. The Bertz CT molecular complexity index is 507. The average Bonchev–Trinajstić information content (AvgIpc) is 3.34. The van der Waals surface area contributed by atoms with E-state index in [4.69, 9.17) is 0 Å². The van der Waals surface area contributed by atoms with E-state index in [1.807, 2.05) is 18.4 Å². The summed E-state index contributed by atoms with van der Waals surface area (Å²) in [7, 11) is 1.87. The van der Waals surface area contributed by atoms with Crippen molar-refractivity contribution in [3.63, 3.8) is 0 Å². The molecule has 0 amide bonds. The van der Waals surface area contributed by atoms with Crippen molar-refractivity contribution in [2.75, 3.05) is 33.2 Å². The molecular formula is C19H32N4S.